The van der Waals surface area contributed by atoms with E-state index in [1.54, 1.807) is 0 Å². The lowest BCUT2D eigenvalue weighted by Gasteiger charge is -2.24. The molecule has 5 nitrogen and oxygen atoms in total. The van der Waals surface area contributed by atoms with Gasteiger partial charge in [0.1, 0.15) is 0 Å². The zero-order valence-electron chi connectivity index (χ0n) is 11.0. The number of aryl methyl sites for hydroxylation is 1. The van der Waals surface area contributed by atoms with Crippen LogP contribution in [0, 0.1) is 0 Å². The van der Waals surface area contributed by atoms with E-state index in [4.69, 9.17) is 5.73 Å². The fourth-order valence-corrected chi connectivity index (χ4v) is 2.42. The molecule has 1 aromatic rings. The van der Waals surface area contributed by atoms with Crippen molar-refractivity contribution in [2.24, 2.45) is 0 Å². The lowest BCUT2D eigenvalue weighted by Crippen LogP contribution is -2.34. The van der Waals surface area contributed by atoms with Gasteiger partial charge in [-0.05, 0) is 19.3 Å². The van der Waals surface area contributed by atoms with Crippen LogP contribution in [0.25, 0.3) is 0 Å². The number of hydrogen-bond donors (Lipinski definition) is 2. The number of rotatable bonds is 2. The van der Waals surface area contributed by atoms with Crippen molar-refractivity contribution in [2.75, 3.05) is 18.8 Å². The normalized spacial score (nSPS) is 17.3. The molecule has 1 amide bonds. The SMILES string of the molecule is CCc1[nH]nc(C(=O)N2CCCCCCC2)c1N. The lowest BCUT2D eigenvalue weighted by molar-refractivity contribution is 0.0737. The van der Waals surface area contributed by atoms with Crippen LogP contribution < -0.4 is 5.73 Å². The van der Waals surface area contributed by atoms with Gasteiger partial charge < -0.3 is 10.6 Å². The fourth-order valence-electron chi connectivity index (χ4n) is 2.42. The fraction of sp³-hybridized carbons (Fsp3) is 0.692. The van der Waals surface area contributed by atoms with Gasteiger partial charge in [-0.15, -0.1) is 0 Å². The van der Waals surface area contributed by atoms with Crippen LogP contribution in [0.4, 0.5) is 5.69 Å². The van der Waals surface area contributed by atoms with Crippen molar-refractivity contribution in [1.29, 1.82) is 0 Å². The number of anilines is 1. The second-order valence-corrected chi connectivity index (χ2v) is 4.88. The van der Waals surface area contributed by atoms with Gasteiger partial charge >= 0.3 is 0 Å². The summed E-state index contributed by atoms with van der Waals surface area (Å²) in [5.41, 5.74) is 7.72. The summed E-state index contributed by atoms with van der Waals surface area (Å²) < 4.78 is 0. The third kappa shape index (κ3) is 2.66. The van der Waals surface area contributed by atoms with Gasteiger partial charge in [0.25, 0.3) is 5.91 Å². The van der Waals surface area contributed by atoms with Gasteiger partial charge in [-0.1, -0.05) is 26.2 Å². The number of aromatic nitrogens is 2. The van der Waals surface area contributed by atoms with Gasteiger partial charge in [-0.3, -0.25) is 9.89 Å². The van der Waals surface area contributed by atoms with Crippen LogP contribution >= 0.6 is 0 Å². The van der Waals surface area contributed by atoms with Crippen LogP contribution in [0.5, 0.6) is 0 Å². The predicted octanol–water partition coefficient (Wildman–Crippen LogP) is 1.96. The average molecular weight is 250 g/mol. The first-order valence-electron chi connectivity index (χ1n) is 6.86. The highest BCUT2D eigenvalue weighted by Crippen LogP contribution is 2.18. The number of aromatic amines is 1. The van der Waals surface area contributed by atoms with Crippen molar-refractivity contribution in [2.45, 2.75) is 45.4 Å². The molecule has 2 heterocycles. The Balaban J connectivity index is 2.10. The molecule has 3 N–H and O–H groups in total. The van der Waals surface area contributed by atoms with Crippen molar-refractivity contribution in [3.63, 3.8) is 0 Å². The maximum absolute atomic E-state index is 12.4. The predicted molar refractivity (Wildman–Crippen MR) is 71.4 cm³/mol. The van der Waals surface area contributed by atoms with Gasteiger partial charge in [0.05, 0.1) is 11.4 Å². The maximum atomic E-state index is 12.4. The third-order valence-electron chi connectivity index (χ3n) is 3.58. The Morgan fingerprint density at radius 2 is 1.89 bits per heavy atom. The number of likely N-dealkylation sites (tertiary alicyclic amines) is 1. The molecule has 2 rings (SSSR count). The number of carbonyl (C=O) groups is 1. The van der Waals surface area contributed by atoms with Crippen LogP contribution in [0.15, 0.2) is 0 Å². The second kappa shape index (κ2) is 5.89. The zero-order chi connectivity index (χ0) is 13.0. The minimum atomic E-state index is -0.0228. The molecule has 0 atom stereocenters. The lowest BCUT2D eigenvalue weighted by atomic mass is 10.1. The molecule has 18 heavy (non-hydrogen) atoms. The zero-order valence-corrected chi connectivity index (χ0v) is 11.0. The van der Waals surface area contributed by atoms with Crippen LogP contribution in [-0.2, 0) is 6.42 Å². The highest BCUT2D eigenvalue weighted by Gasteiger charge is 2.22. The van der Waals surface area contributed by atoms with Crippen molar-refractivity contribution < 1.29 is 4.79 Å². The van der Waals surface area contributed by atoms with Crippen molar-refractivity contribution in [3.05, 3.63) is 11.4 Å². The molecule has 0 bridgehead atoms. The molecule has 1 saturated heterocycles. The molecule has 0 unspecified atom stereocenters. The summed E-state index contributed by atoms with van der Waals surface area (Å²) in [7, 11) is 0. The third-order valence-corrected chi connectivity index (χ3v) is 3.58. The molecular weight excluding hydrogens is 228 g/mol. The van der Waals surface area contributed by atoms with E-state index in [0.717, 1.165) is 38.0 Å². The molecule has 5 heteroatoms. The number of nitrogens with zero attached hydrogens (tertiary/aromatic N) is 2. The minimum Gasteiger partial charge on any atom is -0.395 e. The Kier molecular flexibility index (Phi) is 4.23. The summed E-state index contributed by atoms with van der Waals surface area (Å²) >= 11 is 0. The molecule has 1 aliphatic heterocycles. The molecule has 0 spiro atoms. The maximum Gasteiger partial charge on any atom is 0.276 e. The summed E-state index contributed by atoms with van der Waals surface area (Å²) in [6, 6.07) is 0. The molecule has 0 saturated carbocycles. The van der Waals surface area contributed by atoms with E-state index in [1.165, 1.54) is 19.3 Å². The molecule has 0 aliphatic carbocycles. The number of carbonyl (C=O) groups excluding carboxylic acids is 1. The number of amides is 1. The van der Waals surface area contributed by atoms with Crippen molar-refractivity contribution in [3.8, 4) is 0 Å². The number of H-pyrrole nitrogens is 1. The summed E-state index contributed by atoms with van der Waals surface area (Å²) in [6.45, 7) is 3.65. The highest BCUT2D eigenvalue weighted by atomic mass is 16.2. The quantitative estimate of drug-likeness (QED) is 0.842. The van der Waals surface area contributed by atoms with Gasteiger partial charge in [-0.2, -0.15) is 5.10 Å². The molecule has 0 aromatic carbocycles. The first-order chi connectivity index (χ1) is 8.74. The number of nitrogens with one attached hydrogen (secondary N) is 1. The molecule has 0 radical (unpaired) electrons. The molecular formula is C13H22N4O. The Bertz CT molecular complexity index is 405. The van der Waals surface area contributed by atoms with Crippen molar-refractivity contribution in [1.82, 2.24) is 15.1 Å². The summed E-state index contributed by atoms with van der Waals surface area (Å²) in [6.07, 6.45) is 6.63. The number of hydrogen-bond acceptors (Lipinski definition) is 3. The van der Waals surface area contributed by atoms with E-state index < -0.39 is 0 Å². The van der Waals surface area contributed by atoms with Crippen LogP contribution in [-0.4, -0.2) is 34.1 Å². The minimum absolute atomic E-state index is 0.0228. The molecule has 100 valence electrons. The van der Waals surface area contributed by atoms with Gasteiger partial charge in [-0.25, -0.2) is 0 Å². The van der Waals surface area contributed by atoms with Crippen LogP contribution in [0.2, 0.25) is 0 Å². The standard InChI is InChI=1S/C13H22N4O/c1-2-10-11(14)12(16-15-10)13(18)17-8-6-4-3-5-7-9-17/h2-9,14H2,1H3,(H,15,16). The smallest absolute Gasteiger partial charge is 0.276 e. The van der Waals surface area contributed by atoms with E-state index in [9.17, 15) is 4.79 Å². The van der Waals surface area contributed by atoms with Gasteiger partial charge in [0.15, 0.2) is 5.69 Å². The van der Waals surface area contributed by atoms with E-state index in [-0.39, 0.29) is 5.91 Å². The average Bonchev–Trinajstić information content (AvgIpc) is 2.69. The summed E-state index contributed by atoms with van der Waals surface area (Å²) in [5.74, 6) is -0.0228. The Labute approximate surface area is 108 Å². The monoisotopic (exact) mass is 250 g/mol. The second-order valence-electron chi connectivity index (χ2n) is 4.88. The van der Waals surface area contributed by atoms with Crippen molar-refractivity contribution >= 4 is 11.6 Å². The van der Waals surface area contributed by atoms with E-state index >= 15 is 0 Å². The number of nitrogen functional groups attached to an aromatic ring is 1. The topological polar surface area (TPSA) is 75.0 Å². The highest BCUT2D eigenvalue weighted by molar-refractivity contribution is 5.97. The van der Waals surface area contributed by atoms with E-state index in [2.05, 4.69) is 10.2 Å². The van der Waals surface area contributed by atoms with Crippen LogP contribution in [0.1, 0.15) is 55.2 Å². The van der Waals surface area contributed by atoms with Crippen LogP contribution in [0.3, 0.4) is 0 Å². The first kappa shape index (κ1) is 12.9. The van der Waals surface area contributed by atoms with E-state index in [1.807, 2.05) is 11.8 Å². The van der Waals surface area contributed by atoms with E-state index in [0.29, 0.717) is 11.4 Å². The molecule has 1 aliphatic rings. The molecule has 1 aromatic heterocycles. The summed E-state index contributed by atoms with van der Waals surface area (Å²) in [4.78, 5) is 14.3. The van der Waals surface area contributed by atoms with Gasteiger partial charge in [0, 0.05) is 13.1 Å². The largest absolute Gasteiger partial charge is 0.395 e. The Hall–Kier alpha value is -1.52. The Morgan fingerprint density at radius 3 is 2.44 bits per heavy atom. The summed E-state index contributed by atoms with van der Waals surface area (Å²) in [5, 5.41) is 6.92. The Morgan fingerprint density at radius 1 is 1.28 bits per heavy atom. The number of nitrogens with two attached hydrogens (primary N) is 1. The first-order valence-corrected chi connectivity index (χ1v) is 6.86. The molecule has 1 fully saturated rings. The van der Waals surface area contributed by atoms with Gasteiger partial charge in [0.2, 0.25) is 0 Å².